The number of aromatic nitrogens is 1. The molecule has 0 fully saturated rings. The lowest BCUT2D eigenvalue weighted by Crippen LogP contribution is -2.31. The van der Waals surface area contributed by atoms with Gasteiger partial charge in [-0.05, 0) is 22.0 Å². The predicted molar refractivity (Wildman–Crippen MR) is 45.5 cm³/mol. The van der Waals surface area contributed by atoms with Crippen LogP contribution in [0.3, 0.4) is 0 Å². The Morgan fingerprint density at radius 3 is 2.50 bits per heavy atom. The molecule has 0 radical (unpaired) electrons. The van der Waals surface area contributed by atoms with Crippen LogP contribution in [0.25, 0.3) is 0 Å². The zero-order chi connectivity index (χ0) is 7.72. The third-order valence-electron chi connectivity index (χ3n) is 1.21. The van der Waals surface area contributed by atoms with Gasteiger partial charge in [-0.2, -0.15) is 4.73 Å². The SMILES string of the molecule is Cc1c(Br)ccc(Br)[n+]1[O-]. The Bertz CT molecular complexity index is 235. The first kappa shape index (κ1) is 8.01. The van der Waals surface area contributed by atoms with E-state index in [4.69, 9.17) is 0 Å². The third kappa shape index (κ3) is 1.32. The summed E-state index contributed by atoms with van der Waals surface area (Å²) in [6.45, 7) is 1.75. The summed E-state index contributed by atoms with van der Waals surface area (Å²) in [6, 6.07) is 3.53. The summed E-state index contributed by atoms with van der Waals surface area (Å²) in [4.78, 5) is 0. The zero-order valence-electron chi connectivity index (χ0n) is 5.27. The van der Waals surface area contributed by atoms with Gasteiger partial charge < -0.3 is 5.21 Å². The van der Waals surface area contributed by atoms with Gasteiger partial charge in [-0.15, -0.1) is 0 Å². The lowest BCUT2D eigenvalue weighted by atomic mass is 10.4. The molecule has 0 unspecified atom stereocenters. The molecule has 0 saturated carbocycles. The van der Waals surface area contributed by atoms with Crippen LogP contribution >= 0.6 is 31.9 Å². The van der Waals surface area contributed by atoms with Crippen LogP contribution < -0.4 is 4.73 Å². The third-order valence-corrected chi connectivity index (χ3v) is 2.64. The molecule has 0 atom stereocenters. The van der Waals surface area contributed by atoms with E-state index in [-0.39, 0.29) is 0 Å². The van der Waals surface area contributed by atoms with Crippen LogP contribution in [0.5, 0.6) is 0 Å². The molecule has 0 aliphatic carbocycles. The van der Waals surface area contributed by atoms with Crippen LogP contribution in [-0.2, 0) is 0 Å². The number of nitrogens with zero attached hydrogens (tertiary/aromatic N) is 1. The van der Waals surface area contributed by atoms with E-state index in [9.17, 15) is 5.21 Å². The summed E-state index contributed by atoms with van der Waals surface area (Å²) in [5.74, 6) is 0. The van der Waals surface area contributed by atoms with Gasteiger partial charge >= 0.3 is 0 Å². The van der Waals surface area contributed by atoms with Gasteiger partial charge in [0.15, 0.2) is 0 Å². The monoisotopic (exact) mass is 265 g/mol. The van der Waals surface area contributed by atoms with E-state index in [0.717, 1.165) is 9.20 Å². The van der Waals surface area contributed by atoms with Crippen molar-refractivity contribution in [3.8, 4) is 0 Å². The largest absolute Gasteiger partial charge is 0.618 e. The summed E-state index contributed by atoms with van der Waals surface area (Å²) in [6.07, 6.45) is 0. The first-order chi connectivity index (χ1) is 4.63. The van der Waals surface area contributed by atoms with E-state index >= 15 is 0 Å². The minimum atomic E-state index is 0.535. The highest BCUT2D eigenvalue weighted by molar-refractivity contribution is 9.10. The van der Waals surface area contributed by atoms with E-state index in [0.29, 0.717) is 10.3 Å². The fraction of sp³-hybridized carbons (Fsp3) is 0.167. The Morgan fingerprint density at radius 1 is 1.40 bits per heavy atom. The first-order valence-electron chi connectivity index (χ1n) is 2.67. The van der Waals surface area contributed by atoms with Crippen molar-refractivity contribution in [2.45, 2.75) is 6.92 Å². The molecule has 1 aromatic heterocycles. The van der Waals surface area contributed by atoms with Crippen LogP contribution in [0.1, 0.15) is 5.69 Å². The van der Waals surface area contributed by atoms with Gasteiger partial charge in [-0.1, -0.05) is 0 Å². The van der Waals surface area contributed by atoms with Crippen molar-refractivity contribution in [1.29, 1.82) is 0 Å². The maximum atomic E-state index is 11.0. The fourth-order valence-corrected chi connectivity index (χ4v) is 1.28. The summed E-state index contributed by atoms with van der Waals surface area (Å²) < 4.78 is 2.18. The van der Waals surface area contributed by atoms with Crippen LogP contribution in [0.2, 0.25) is 0 Å². The summed E-state index contributed by atoms with van der Waals surface area (Å²) in [5.41, 5.74) is 0.661. The van der Waals surface area contributed by atoms with Gasteiger partial charge in [0.1, 0.15) is 0 Å². The van der Waals surface area contributed by atoms with Gasteiger partial charge in [0.25, 0.3) is 4.60 Å². The molecule has 0 saturated heterocycles. The molecule has 2 nitrogen and oxygen atoms in total. The second-order valence-electron chi connectivity index (χ2n) is 1.88. The molecule has 54 valence electrons. The highest BCUT2D eigenvalue weighted by atomic mass is 79.9. The molecule has 0 aliphatic heterocycles. The number of halogens is 2. The molecular formula is C6H5Br2NO. The van der Waals surface area contributed by atoms with Crippen molar-refractivity contribution in [2.75, 3.05) is 0 Å². The molecule has 4 heteroatoms. The van der Waals surface area contributed by atoms with E-state index in [1.165, 1.54) is 0 Å². The Kier molecular flexibility index (Phi) is 2.31. The van der Waals surface area contributed by atoms with Crippen molar-refractivity contribution in [1.82, 2.24) is 0 Å². The number of pyridine rings is 1. The average Bonchev–Trinajstić information content (AvgIpc) is 1.93. The van der Waals surface area contributed by atoms with Gasteiger partial charge in [-0.25, -0.2) is 0 Å². The van der Waals surface area contributed by atoms with Crippen molar-refractivity contribution in [2.24, 2.45) is 0 Å². The fourth-order valence-electron chi connectivity index (χ4n) is 0.587. The number of hydrogen-bond donors (Lipinski definition) is 0. The molecule has 0 aromatic carbocycles. The predicted octanol–water partition coefficient (Wildman–Crippen LogP) is 2.15. The summed E-state index contributed by atoms with van der Waals surface area (Å²) in [5, 5.41) is 11.0. The Balaban J connectivity index is 3.34. The van der Waals surface area contributed by atoms with Gasteiger partial charge in [-0.3, -0.25) is 0 Å². The zero-order valence-corrected chi connectivity index (χ0v) is 8.44. The normalized spacial score (nSPS) is 9.90. The van der Waals surface area contributed by atoms with Crippen LogP contribution in [0.4, 0.5) is 0 Å². The molecule has 0 N–H and O–H groups in total. The molecule has 0 bridgehead atoms. The van der Waals surface area contributed by atoms with Crippen LogP contribution in [-0.4, -0.2) is 0 Å². The van der Waals surface area contributed by atoms with E-state index < -0.39 is 0 Å². The van der Waals surface area contributed by atoms with Crippen molar-refractivity contribution < 1.29 is 4.73 Å². The van der Waals surface area contributed by atoms with Crippen LogP contribution in [0, 0.1) is 12.1 Å². The van der Waals surface area contributed by atoms with Crippen molar-refractivity contribution in [3.05, 3.63) is 32.1 Å². The lowest BCUT2D eigenvalue weighted by molar-refractivity contribution is -0.624. The second kappa shape index (κ2) is 2.88. The van der Waals surface area contributed by atoms with E-state index in [1.54, 1.807) is 13.0 Å². The summed E-state index contributed by atoms with van der Waals surface area (Å²) in [7, 11) is 0. The molecule has 10 heavy (non-hydrogen) atoms. The molecular weight excluding hydrogens is 262 g/mol. The van der Waals surface area contributed by atoms with Crippen molar-refractivity contribution in [3.63, 3.8) is 0 Å². The minimum Gasteiger partial charge on any atom is -0.618 e. The smallest absolute Gasteiger partial charge is 0.259 e. The standard InChI is InChI=1S/C6H5Br2NO/c1-4-5(7)2-3-6(8)9(4)10/h2-3H,1H3. The highest BCUT2D eigenvalue weighted by Crippen LogP contribution is 2.14. The quantitative estimate of drug-likeness (QED) is 0.402. The molecule has 1 aromatic rings. The first-order valence-corrected chi connectivity index (χ1v) is 4.25. The summed E-state index contributed by atoms with van der Waals surface area (Å²) >= 11 is 6.35. The Labute approximate surface area is 75.7 Å². The minimum absolute atomic E-state index is 0.535. The van der Waals surface area contributed by atoms with Gasteiger partial charge in [0.05, 0.1) is 4.47 Å². The average molecular weight is 267 g/mol. The molecule has 1 heterocycles. The highest BCUT2D eigenvalue weighted by Gasteiger charge is 2.07. The Morgan fingerprint density at radius 2 is 2.00 bits per heavy atom. The van der Waals surface area contributed by atoms with Gasteiger partial charge in [0, 0.05) is 28.9 Å². The van der Waals surface area contributed by atoms with Gasteiger partial charge in [0.2, 0.25) is 5.69 Å². The second-order valence-corrected chi connectivity index (χ2v) is 3.55. The van der Waals surface area contributed by atoms with E-state index in [2.05, 4.69) is 31.9 Å². The number of rotatable bonds is 0. The molecule has 0 amide bonds. The molecule has 0 spiro atoms. The topological polar surface area (TPSA) is 26.9 Å². The number of hydrogen-bond acceptors (Lipinski definition) is 1. The van der Waals surface area contributed by atoms with Crippen LogP contribution in [0.15, 0.2) is 21.2 Å². The Hall–Kier alpha value is -0.0900. The lowest BCUT2D eigenvalue weighted by Gasteiger charge is -2.02. The maximum Gasteiger partial charge on any atom is 0.259 e. The molecule has 0 aliphatic rings. The van der Waals surface area contributed by atoms with E-state index in [1.807, 2.05) is 6.07 Å². The molecule has 1 rings (SSSR count). The van der Waals surface area contributed by atoms with Crippen molar-refractivity contribution >= 4 is 31.9 Å². The maximum absolute atomic E-state index is 11.0.